The fraction of sp³-hybridized carbons (Fsp3) is 0.625. The highest BCUT2D eigenvalue weighted by Gasteiger charge is 2.26. The quantitative estimate of drug-likeness (QED) is 0.742. The van der Waals surface area contributed by atoms with Gasteiger partial charge in [-0.05, 0) is 0 Å². The predicted molar refractivity (Wildman–Crippen MR) is 59.3 cm³/mol. The first-order valence-corrected chi connectivity index (χ1v) is 6.07. The smallest absolute Gasteiger partial charge is 0.262 e. The summed E-state index contributed by atoms with van der Waals surface area (Å²) < 4.78 is 31.5. The van der Waals surface area contributed by atoms with Crippen molar-refractivity contribution >= 4 is 15.8 Å². The minimum absolute atomic E-state index is 0.00565. The SMILES string of the molecule is COCCN(C)S(=O)(=O)c1c(N)ncn1C. The Kier molecular flexibility index (Phi) is 3.89. The molecule has 0 aliphatic rings. The van der Waals surface area contributed by atoms with Gasteiger partial charge in [0, 0.05) is 27.7 Å². The third kappa shape index (κ3) is 2.34. The second kappa shape index (κ2) is 4.81. The van der Waals surface area contributed by atoms with Gasteiger partial charge < -0.3 is 15.0 Å². The number of nitrogen functional groups attached to an aromatic ring is 1. The maximum absolute atomic E-state index is 12.1. The highest BCUT2D eigenvalue weighted by molar-refractivity contribution is 7.89. The lowest BCUT2D eigenvalue weighted by Crippen LogP contribution is -2.31. The van der Waals surface area contributed by atoms with Crippen LogP contribution in [0.5, 0.6) is 0 Å². The van der Waals surface area contributed by atoms with Crippen LogP contribution in [0, 0.1) is 0 Å². The lowest BCUT2D eigenvalue weighted by molar-refractivity contribution is 0.185. The first-order chi connectivity index (χ1) is 7.41. The van der Waals surface area contributed by atoms with Gasteiger partial charge in [-0.25, -0.2) is 13.4 Å². The van der Waals surface area contributed by atoms with Crippen LogP contribution >= 0.6 is 0 Å². The zero-order valence-corrected chi connectivity index (χ0v) is 10.4. The molecule has 0 spiro atoms. The molecule has 2 N–H and O–H groups in total. The van der Waals surface area contributed by atoms with Crippen LogP contribution in [-0.4, -0.2) is 49.6 Å². The maximum Gasteiger partial charge on any atom is 0.262 e. The Morgan fingerprint density at radius 1 is 1.62 bits per heavy atom. The number of nitrogens with zero attached hydrogens (tertiary/aromatic N) is 3. The van der Waals surface area contributed by atoms with Crippen molar-refractivity contribution in [1.82, 2.24) is 13.9 Å². The Balaban J connectivity index is 3.02. The molecule has 0 saturated carbocycles. The van der Waals surface area contributed by atoms with Crippen LogP contribution in [0.2, 0.25) is 0 Å². The van der Waals surface area contributed by atoms with Crippen LogP contribution in [-0.2, 0) is 21.8 Å². The molecule has 16 heavy (non-hydrogen) atoms. The third-order valence-corrected chi connectivity index (χ3v) is 4.16. The molecule has 0 bridgehead atoms. The van der Waals surface area contributed by atoms with E-state index in [2.05, 4.69) is 4.98 Å². The molecule has 0 aliphatic carbocycles. The second-order valence-corrected chi connectivity index (χ2v) is 5.33. The average Bonchev–Trinajstić information content (AvgIpc) is 2.55. The van der Waals surface area contributed by atoms with Gasteiger partial charge in [0.2, 0.25) is 0 Å². The average molecular weight is 248 g/mol. The molecule has 0 unspecified atom stereocenters. The van der Waals surface area contributed by atoms with Crippen molar-refractivity contribution in [3.8, 4) is 0 Å². The van der Waals surface area contributed by atoms with Crippen LogP contribution in [0.25, 0.3) is 0 Å². The molecule has 0 atom stereocenters. The van der Waals surface area contributed by atoms with Crippen LogP contribution in [0.4, 0.5) is 5.82 Å². The van der Waals surface area contributed by atoms with Crippen molar-refractivity contribution in [2.45, 2.75) is 5.03 Å². The van der Waals surface area contributed by atoms with E-state index in [-0.39, 0.29) is 17.4 Å². The van der Waals surface area contributed by atoms with E-state index in [1.807, 2.05) is 0 Å². The summed E-state index contributed by atoms with van der Waals surface area (Å²) in [5.41, 5.74) is 5.52. The van der Waals surface area contributed by atoms with Crippen molar-refractivity contribution in [2.24, 2.45) is 7.05 Å². The Morgan fingerprint density at radius 2 is 2.25 bits per heavy atom. The molecule has 1 aromatic rings. The molecule has 0 aromatic carbocycles. The minimum Gasteiger partial charge on any atom is -0.383 e. The highest BCUT2D eigenvalue weighted by atomic mass is 32.2. The largest absolute Gasteiger partial charge is 0.383 e. The van der Waals surface area contributed by atoms with Crippen LogP contribution in [0.3, 0.4) is 0 Å². The zero-order chi connectivity index (χ0) is 12.3. The number of methoxy groups -OCH3 is 1. The molecule has 0 radical (unpaired) electrons. The topological polar surface area (TPSA) is 90.4 Å². The summed E-state index contributed by atoms with van der Waals surface area (Å²) in [7, 11) is 0.969. The molecular weight excluding hydrogens is 232 g/mol. The number of hydrogen-bond acceptors (Lipinski definition) is 5. The Hall–Kier alpha value is -1.12. The number of hydrogen-bond donors (Lipinski definition) is 1. The molecule has 0 amide bonds. The number of anilines is 1. The molecule has 92 valence electrons. The summed E-state index contributed by atoms with van der Waals surface area (Å²) >= 11 is 0. The number of aryl methyl sites for hydroxylation is 1. The zero-order valence-electron chi connectivity index (χ0n) is 9.54. The van der Waals surface area contributed by atoms with E-state index in [0.29, 0.717) is 6.61 Å². The second-order valence-electron chi connectivity index (χ2n) is 3.37. The number of nitrogens with two attached hydrogens (primary N) is 1. The van der Waals surface area contributed by atoms with Crippen molar-refractivity contribution in [1.29, 1.82) is 0 Å². The molecule has 7 nitrogen and oxygen atoms in total. The third-order valence-electron chi connectivity index (χ3n) is 2.17. The number of sulfonamides is 1. The molecule has 0 saturated heterocycles. The Bertz CT molecular complexity index is 434. The Labute approximate surface area is 94.9 Å². The van der Waals surface area contributed by atoms with E-state index in [0.717, 1.165) is 0 Å². The van der Waals surface area contributed by atoms with E-state index < -0.39 is 10.0 Å². The van der Waals surface area contributed by atoms with Crippen LogP contribution in [0.15, 0.2) is 11.4 Å². The molecule has 1 rings (SSSR count). The highest BCUT2D eigenvalue weighted by Crippen LogP contribution is 2.18. The summed E-state index contributed by atoms with van der Waals surface area (Å²) in [4.78, 5) is 3.75. The molecule has 1 heterocycles. The van der Waals surface area contributed by atoms with Gasteiger partial charge in [0.1, 0.15) is 0 Å². The van der Waals surface area contributed by atoms with Crippen LogP contribution in [0.1, 0.15) is 0 Å². The van der Waals surface area contributed by atoms with Crippen molar-refractivity contribution in [3.63, 3.8) is 0 Å². The van der Waals surface area contributed by atoms with Gasteiger partial charge in [0.25, 0.3) is 10.0 Å². The van der Waals surface area contributed by atoms with Gasteiger partial charge in [-0.2, -0.15) is 4.31 Å². The number of rotatable bonds is 5. The van der Waals surface area contributed by atoms with Gasteiger partial charge >= 0.3 is 0 Å². The van der Waals surface area contributed by atoms with Crippen molar-refractivity contribution in [3.05, 3.63) is 6.33 Å². The summed E-state index contributed by atoms with van der Waals surface area (Å²) in [5, 5.41) is 0.00565. The standard InChI is InChI=1S/C8H16N4O3S/c1-11-6-10-7(9)8(11)16(13,14)12(2)4-5-15-3/h6H,4-5,9H2,1-3H3. The fourth-order valence-electron chi connectivity index (χ4n) is 1.24. The maximum atomic E-state index is 12.1. The molecule has 0 aliphatic heterocycles. The number of ether oxygens (including phenoxy) is 1. The molecule has 0 fully saturated rings. The number of likely N-dealkylation sites (N-methyl/N-ethyl adjacent to an activating group) is 1. The van der Waals surface area contributed by atoms with Gasteiger partial charge in [0.15, 0.2) is 10.8 Å². The van der Waals surface area contributed by atoms with Crippen molar-refractivity contribution < 1.29 is 13.2 Å². The van der Waals surface area contributed by atoms with E-state index in [1.54, 1.807) is 7.05 Å². The summed E-state index contributed by atoms with van der Waals surface area (Å²) in [6.07, 6.45) is 1.37. The molecule has 8 heteroatoms. The summed E-state index contributed by atoms with van der Waals surface area (Å²) in [5.74, 6) is 0.00627. The van der Waals surface area contributed by atoms with Gasteiger partial charge in [0.05, 0.1) is 12.9 Å². The summed E-state index contributed by atoms with van der Waals surface area (Å²) in [6.45, 7) is 0.594. The molecule has 1 aromatic heterocycles. The van der Waals surface area contributed by atoms with E-state index in [4.69, 9.17) is 10.5 Å². The molecular formula is C8H16N4O3S. The number of imidazole rings is 1. The summed E-state index contributed by atoms with van der Waals surface area (Å²) in [6, 6.07) is 0. The van der Waals surface area contributed by atoms with Gasteiger partial charge in [-0.3, -0.25) is 0 Å². The lowest BCUT2D eigenvalue weighted by Gasteiger charge is -2.16. The monoisotopic (exact) mass is 248 g/mol. The fourth-order valence-corrected chi connectivity index (χ4v) is 2.58. The predicted octanol–water partition coefficient (Wildman–Crippen LogP) is -0.731. The first-order valence-electron chi connectivity index (χ1n) is 4.63. The normalized spacial score (nSPS) is 12.2. The number of aromatic nitrogens is 2. The van der Waals surface area contributed by atoms with E-state index >= 15 is 0 Å². The van der Waals surface area contributed by atoms with Gasteiger partial charge in [-0.1, -0.05) is 0 Å². The lowest BCUT2D eigenvalue weighted by atomic mass is 10.7. The van der Waals surface area contributed by atoms with Crippen LogP contribution < -0.4 is 5.73 Å². The van der Waals surface area contributed by atoms with Crippen molar-refractivity contribution in [2.75, 3.05) is 33.0 Å². The first kappa shape index (κ1) is 12.9. The minimum atomic E-state index is -3.60. The van der Waals surface area contributed by atoms with E-state index in [9.17, 15) is 8.42 Å². The van der Waals surface area contributed by atoms with Gasteiger partial charge in [-0.15, -0.1) is 0 Å². The Morgan fingerprint density at radius 3 is 2.69 bits per heavy atom. The van der Waals surface area contributed by atoms with E-state index in [1.165, 1.54) is 29.4 Å².